The predicted molar refractivity (Wildman–Crippen MR) is 90.2 cm³/mol. The minimum atomic E-state index is -0.521. The van der Waals surface area contributed by atoms with Crippen LogP contribution in [0.4, 0.5) is 4.79 Å². The van der Waals surface area contributed by atoms with Gasteiger partial charge >= 0.3 is 6.03 Å². The molecule has 1 aliphatic heterocycles. The van der Waals surface area contributed by atoms with E-state index >= 15 is 0 Å². The van der Waals surface area contributed by atoms with Gasteiger partial charge in [-0.3, -0.25) is 10.1 Å². The van der Waals surface area contributed by atoms with E-state index in [4.69, 9.17) is 0 Å². The Morgan fingerprint density at radius 2 is 1.39 bits per heavy atom. The Kier molecular flexibility index (Phi) is 4.01. The van der Waals surface area contributed by atoms with Crippen LogP contribution < -0.4 is 10.6 Å². The van der Waals surface area contributed by atoms with E-state index in [0.29, 0.717) is 0 Å². The summed E-state index contributed by atoms with van der Waals surface area (Å²) in [6.45, 7) is 12.1. The van der Waals surface area contributed by atoms with Crippen LogP contribution in [-0.4, -0.2) is 17.0 Å². The topological polar surface area (TPSA) is 78.4 Å². The number of hydrogen-bond donors (Lipinski definition) is 3. The van der Waals surface area contributed by atoms with Gasteiger partial charge in [0.1, 0.15) is 11.4 Å². The Morgan fingerprint density at radius 3 is 1.74 bits per heavy atom. The fourth-order valence-electron chi connectivity index (χ4n) is 2.53. The van der Waals surface area contributed by atoms with Gasteiger partial charge in [-0.05, 0) is 34.6 Å². The van der Waals surface area contributed by atoms with Crippen molar-refractivity contribution in [1.29, 1.82) is 0 Å². The van der Waals surface area contributed by atoms with Gasteiger partial charge in [0.25, 0.3) is 5.91 Å². The van der Waals surface area contributed by atoms with E-state index in [-0.39, 0.29) is 22.3 Å². The fourth-order valence-corrected chi connectivity index (χ4v) is 2.53. The molecule has 5 nitrogen and oxygen atoms in total. The van der Waals surface area contributed by atoms with Gasteiger partial charge in [-0.15, -0.1) is 0 Å². The molecule has 0 aromatic heterocycles. The van der Waals surface area contributed by atoms with E-state index in [1.54, 1.807) is 6.08 Å². The summed E-state index contributed by atoms with van der Waals surface area (Å²) in [5.74, 6) is -0.162. The maximum Gasteiger partial charge on any atom is 0.326 e. The Bertz CT molecular complexity index is 669. The lowest BCUT2D eigenvalue weighted by Crippen LogP contribution is -2.22. The van der Waals surface area contributed by atoms with Gasteiger partial charge in [-0.2, -0.15) is 0 Å². The van der Waals surface area contributed by atoms with Crippen LogP contribution in [0.15, 0.2) is 17.8 Å². The minimum absolute atomic E-state index is 0.209. The third-order valence-corrected chi connectivity index (χ3v) is 3.78. The molecule has 124 valence electrons. The average Bonchev–Trinajstić information content (AvgIpc) is 2.67. The Morgan fingerprint density at radius 1 is 0.913 bits per heavy atom. The molecular formula is C18H24N2O3. The monoisotopic (exact) mass is 316 g/mol. The van der Waals surface area contributed by atoms with Crippen molar-refractivity contribution >= 4 is 18.0 Å². The zero-order valence-corrected chi connectivity index (χ0v) is 14.5. The zero-order chi connectivity index (χ0) is 17.6. The minimum Gasteiger partial charge on any atom is -0.507 e. The highest BCUT2D eigenvalue weighted by Crippen LogP contribution is 2.40. The molecule has 1 aromatic rings. The van der Waals surface area contributed by atoms with Crippen molar-refractivity contribution < 1.29 is 14.7 Å². The van der Waals surface area contributed by atoms with Gasteiger partial charge in [0.15, 0.2) is 0 Å². The first-order valence-corrected chi connectivity index (χ1v) is 7.61. The van der Waals surface area contributed by atoms with Gasteiger partial charge in [0, 0.05) is 11.1 Å². The summed E-state index contributed by atoms with van der Waals surface area (Å²) in [5, 5.41) is 15.3. The first-order valence-electron chi connectivity index (χ1n) is 7.61. The molecule has 0 saturated carbocycles. The van der Waals surface area contributed by atoms with Crippen molar-refractivity contribution in [2.24, 2.45) is 0 Å². The third kappa shape index (κ3) is 3.55. The summed E-state index contributed by atoms with van der Waals surface area (Å²) in [5.41, 5.74) is 2.09. The second-order valence-electron chi connectivity index (χ2n) is 7.93. The molecular weight excluding hydrogens is 292 g/mol. The molecule has 0 bridgehead atoms. The molecule has 0 unspecified atom stereocenters. The van der Waals surface area contributed by atoms with Gasteiger partial charge in [0.2, 0.25) is 0 Å². The number of imide groups is 1. The van der Waals surface area contributed by atoms with Crippen LogP contribution in [0.5, 0.6) is 5.75 Å². The largest absolute Gasteiger partial charge is 0.507 e. The lowest BCUT2D eigenvalue weighted by atomic mass is 9.78. The quantitative estimate of drug-likeness (QED) is 0.550. The van der Waals surface area contributed by atoms with E-state index < -0.39 is 11.9 Å². The van der Waals surface area contributed by atoms with Crippen molar-refractivity contribution in [2.75, 3.05) is 0 Å². The van der Waals surface area contributed by atoms with Gasteiger partial charge in [-0.1, -0.05) is 41.5 Å². The summed E-state index contributed by atoms with van der Waals surface area (Å²) in [6, 6.07) is 3.19. The number of phenols is 1. The highest BCUT2D eigenvalue weighted by molar-refractivity contribution is 6.14. The smallest absolute Gasteiger partial charge is 0.326 e. The molecule has 0 radical (unpaired) electrons. The second kappa shape index (κ2) is 5.41. The second-order valence-corrected chi connectivity index (χ2v) is 7.93. The first-order chi connectivity index (χ1) is 10.4. The summed E-state index contributed by atoms with van der Waals surface area (Å²) in [4.78, 5) is 22.9. The maximum atomic E-state index is 11.7. The number of aromatic hydroxyl groups is 1. The van der Waals surface area contributed by atoms with Crippen molar-refractivity contribution in [3.05, 3.63) is 34.5 Å². The fraction of sp³-hybridized carbons (Fsp3) is 0.444. The number of urea groups is 1. The number of phenolic OH excluding ortho intramolecular Hbond substituents is 1. The normalized spacial score (nSPS) is 17.4. The molecule has 1 fully saturated rings. The van der Waals surface area contributed by atoms with E-state index in [1.807, 2.05) is 53.7 Å². The molecule has 23 heavy (non-hydrogen) atoms. The van der Waals surface area contributed by atoms with Crippen LogP contribution >= 0.6 is 0 Å². The number of benzene rings is 1. The van der Waals surface area contributed by atoms with Crippen molar-refractivity contribution in [3.8, 4) is 5.75 Å². The summed E-state index contributed by atoms with van der Waals surface area (Å²) in [7, 11) is 0. The van der Waals surface area contributed by atoms with Gasteiger partial charge < -0.3 is 10.4 Å². The Hall–Kier alpha value is -2.30. The van der Waals surface area contributed by atoms with Crippen LogP contribution in [0.1, 0.15) is 58.2 Å². The number of amides is 3. The van der Waals surface area contributed by atoms with Crippen molar-refractivity contribution in [3.63, 3.8) is 0 Å². The maximum absolute atomic E-state index is 11.7. The summed E-state index contributed by atoms with van der Waals surface area (Å²) >= 11 is 0. The summed E-state index contributed by atoms with van der Waals surface area (Å²) in [6.07, 6.45) is 1.63. The van der Waals surface area contributed by atoms with Crippen molar-refractivity contribution in [2.45, 2.75) is 52.4 Å². The lowest BCUT2D eigenvalue weighted by Gasteiger charge is -2.28. The molecule has 3 amide bonds. The van der Waals surface area contributed by atoms with E-state index in [9.17, 15) is 14.7 Å². The first kappa shape index (κ1) is 17.1. The van der Waals surface area contributed by atoms with E-state index in [1.165, 1.54) is 0 Å². The number of hydrogen-bond acceptors (Lipinski definition) is 3. The Labute approximate surface area is 136 Å². The lowest BCUT2D eigenvalue weighted by molar-refractivity contribution is -0.115. The van der Waals surface area contributed by atoms with Gasteiger partial charge in [0.05, 0.1) is 0 Å². The predicted octanol–water partition coefficient (Wildman–Crippen LogP) is 3.17. The van der Waals surface area contributed by atoms with Crippen LogP contribution in [0.25, 0.3) is 6.08 Å². The molecule has 0 spiro atoms. The van der Waals surface area contributed by atoms with Crippen LogP contribution in [0.3, 0.4) is 0 Å². The molecule has 5 heteroatoms. The van der Waals surface area contributed by atoms with Crippen molar-refractivity contribution in [1.82, 2.24) is 10.6 Å². The zero-order valence-electron chi connectivity index (χ0n) is 14.5. The summed E-state index contributed by atoms with van der Waals surface area (Å²) < 4.78 is 0. The molecule has 2 rings (SSSR count). The molecule has 3 N–H and O–H groups in total. The van der Waals surface area contributed by atoms with E-state index in [0.717, 1.165) is 16.7 Å². The third-order valence-electron chi connectivity index (χ3n) is 3.78. The van der Waals surface area contributed by atoms with Crippen LogP contribution in [0.2, 0.25) is 0 Å². The molecule has 1 aliphatic rings. The van der Waals surface area contributed by atoms with Crippen LogP contribution in [-0.2, 0) is 15.6 Å². The molecule has 0 aliphatic carbocycles. The van der Waals surface area contributed by atoms with Gasteiger partial charge in [-0.25, -0.2) is 4.79 Å². The number of nitrogens with one attached hydrogen (secondary N) is 2. The van der Waals surface area contributed by atoms with Crippen LogP contribution in [0, 0.1) is 0 Å². The molecule has 1 saturated heterocycles. The molecule has 0 atom stereocenters. The highest BCUT2D eigenvalue weighted by atomic mass is 16.3. The number of carbonyl (C=O) groups excluding carboxylic acids is 2. The standard InChI is InChI=1S/C18H24N2O3/c1-17(2,3)11-7-10(8-12(14(11)21)18(4,5)6)9-13-15(22)20-16(23)19-13/h7-9,21H,1-6H3,(H2,19,20,22,23)/b13-9-. The number of rotatable bonds is 1. The number of carbonyl (C=O) groups is 2. The molecule has 1 aromatic carbocycles. The average molecular weight is 316 g/mol. The SMILES string of the molecule is CC(C)(C)c1cc(/C=C2\NC(=O)NC2=O)cc(C(C)(C)C)c1O. The highest BCUT2D eigenvalue weighted by Gasteiger charge is 2.27. The Balaban J connectivity index is 2.64. The molecule has 1 heterocycles. The van der Waals surface area contributed by atoms with E-state index in [2.05, 4.69) is 10.6 Å².